The number of halogens is 1. The molecule has 1 aliphatic rings. The molecule has 1 aromatic heterocycles. The Morgan fingerprint density at radius 1 is 1.08 bits per heavy atom. The molecule has 210 valence electrons. The van der Waals surface area contributed by atoms with Crippen molar-refractivity contribution in [2.45, 2.75) is 70.9 Å². The molecule has 0 saturated carbocycles. The van der Waals surface area contributed by atoms with Gasteiger partial charge in [-0.25, -0.2) is 12.8 Å². The van der Waals surface area contributed by atoms with Gasteiger partial charge in [0, 0.05) is 23.7 Å². The Kier molecular flexibility index (Phi) is 7.81. The summed E-state index contributed by atoms with van der Waals surface area (Å²) in [6.45, 7) is 12.7. The fourth-order valence-electron chi connectivity index (χ4n) is 6.05. The molecule has 0 bridgehead atoms. The molecule has 39 heavy (non-hydrogen) atoms. The highest BCUT2D eigenvalue weighted by atomic mass is 32.2. The average molecular weight is 574 g/mol. The topological polar surface area (TPSA) is 109 Å². The van der Waals surface area contributed by atoms with Gasteiger partial charge in [0.15, 0.2) is 6.23 Å². The maximum atomic E-state index is 14.1. The highest BCUT2D eigenvalue weighted by Crippen LogP contribution is 2.51. The number of benzene rings is 2. The molecule has 2 heterocycles. The molecule has 1 aliphatic heterocycles. The van der Waals surface area contributed by atoms with Gasteiger partial charge in [-0.1, -0.05) is 53.7 Å². The second-order valence-corrected chi connectivity index (χ2v) is 18.2. The van der Waals surface area contributed by atoms with Gasteiger partial charge in [0.25, 0.3) is 14.2 Å². The van der Waals surface area contributed by atoms with Crippen LogP contribution in [0, 0.1) is 5.82 Å². The number of fused-ring (bicyclic) bond motifs is 2. The third-order valence-corrected chi connectivity index (χ3v) is 14.2. The van der Waals surface area contributed by atoms with Gasteiger partial charge in [-0.2, -0.15) is 0 Å². The van der Waals surface area contributed by atoms with Gasteiger partial charge in [0.1, 0.15) is 17.1 Å². The Morgan fingerprint density at radius 2 is 1.67 bits per heavy atom. The minimum absolute atomic E-state index is 0.0163. The first-order chi connectivity index (χ1) is 18.2. The SMILES string of the molecule is CC(C)[Si](Oc1c2c(c(NS(C)(=O)=O)c3cccnc13)C(O)N(Cc1ccc(F)cc1)C2=O)(C(C)C)C(C)C. The molecule has 3 aromatic rings. The number of nitrogens with zero attached hydrogens (tertiary/aromatic N) is 2. The number of aliphatic hydroxyl groups excluding tert-OH is 1. The molecule has 2 aromatic carbocycles. The second kappa shape index (κ2) is 10.5. The number of aromatic nitrogens is 1. The molecular formula is C28H36FN3O5SSi. The zero-order valence-electron chi connectivity index (χ0n) is 23.3. The van der Waals surface area contributed by atoms with E-state index < -0.39 is 36.3 Å². The van der Waals surface area contributed by atoms with Crippen LogP contribution in [0.2, 0.25) is 16.6 Å². The van der Waals surface area contributed by atoms with E-state index in [1.807, 2.05) is 0 Å². The van der Waals surface area contributed by atoms with Crippen molar-refractivity contribution in [1.29, 1.82) is 0 Å². The molecule has 0 aliphatic carbocycles. The predicted octanol–water partition coefficient (Wildman–Crippen LogP) is 5.95. The molecule has 4 rings (SSSR count). The summed E-state index contributed by atoms with van der Waals surface area (Å²) in [7, 11) is -6.41. The van der Waals surface area contributed by atoms with Crippen molar-refractivity contribution in [3.63, 3.8) is 0 Å². The second-order valence-electron chi connectivity index (χ2n) is 11.1. The van der Waals surface area contributed by atoms with Gasteiger partial charge in [0.2, 0.25) is 10.0 Å². The number of pyridine rings is 1. The number of hydrogen-bond acceptors (Lipinski definition) is 6. The predicted molar refractivity (Wildman–Crippen MR) is 153 cm³/mol. The normalized spacial score (nSPS) is 16.1. The third kappa shape index (κ3) is 5.15. The van der Waals surface area contributed by atoms with Crippen LogP contribution in [0.15, 0.2) is 42.6 Å². The minimum atomic E-state index is -3.79. The van der Waals surface area contributed by atoms with Crippen molar-refractivity contribution >= 4 is 40.8 Å². The summed E-state index contributed by atoms with van der Waals surface area (Å²) in [5.41, 5.74) is 1.81. The van der Waals surface area contributed by atoms with Crippen LogP contribution in [0.1, 0.15) is 69.3 Å². The van der Waals surface area contributed by atoms with Gasteiger partial charge in [-0.05, 0) is 46.5 Å². The van der Waals surface area contributed by atoms with E-state index in [-0.39, 0.29) is 45.7 Å². The first-order valence-electron chi connectivity index (χ1n) is 13.0. The van der Waals surface area contributed by atoms with Crippen molar-refractivity contribution in [2.24, 2.45) is 0 Å². The van der Waals surface area contributed by atoms with Crippen LogP contribution in [0.4, 0.5) is 10.1 Å². The average Bonchev–Trinajstić information content (AvgIpc) is 3.08. The lowest BCUT2D eigenvalue weighted by molar-refractivity contribution is 0.0141. The molecule has 1 unspecified atom stereocenters. The van der Waals surface area contributed by atoms with Crippen LogP contribution in [0.25, 0.3) is 10.9 Å². The van der Waals surface area contributed by atoms with E-state index in [0.717, 1.165) is 6.26 Å². The van der Waals surface area contributed by atoms with Gasteiger partial charge < -0.3 is 14.4 Å². The van der Waals surface area contributed by atoms with Crippen molar-refractivity contribution < 1.29 is 27.1 Å². The Bertz CT molecular complexity index is 1490. The molecule has 0 spiro atoms. The summed E-state index contributed by atoms with van der Waals surface area (Å²) in [6.07, 6.45) is 1.11. The number of aliphatic hydroxyl groups is 1. The highest BCUT2D eigenvalue weighted by molar-refractivity contribution is 7.92. The van der Waals surface area contributed by atoms with E-state index in [4.69, 9.17) is 4.43 Å². The van der Waals surface area contributed by atoms with E-state index in [1.165, 1.54) is 29.2 Å². The van der Waals surface area contributed by atoms with Crippen molar-refractivity contribution in [3.05, 3.63) is 65.1 Å². The number of nitrogens with one attached hydrogen (secondary N) is 1. The van der Waals surface area contributed by atoms with E-state index in [1.54, 1.807) is 18.3 Å². The molecule has 0 fully saturated rings. The van der Waals surface area contributed by atoms with Gasteiger partial charge in [-0.3, -0.25) is 14.5 Å². The standard InChI is InChI=1S/C28H36FN3O5SSi/c1-16(2)39(17(3)4,18(5)6)37-26-23-22(24(31-38(7,35)36)21-9-8-14-30-25(21)26)27(33)32(28(23)34)15-19-10-12-20(29)13-11-19/h8-14,16-18,27,31,33H,15H2,1-7H3. The highest BCUT2D eigenvalue weighted by Gasteiger charge is 2.50. The monoisotopic (exact) mass is 573 g/mol. The summed E-state index contributed by atoms with van der Waals surface area (Å²) in [4.78, 5) is 19.9. The number of carbonyl (C=O) groups excluding carboxylic acids is 1. The van der Waals surface area contributed by atoms with Crippen LogP contribution >= 0.6 is 0 Å². The van der Waals surface area contributed by atoms with Gasteiger partial charge in [-0.15, -0.1) is 0 Å². The number of carbonyl (C=O) groups is 1. The quantitative estimate of drug-likeness (QED) is 0.307. The van der Waals surface area contributed by atoms with Gasteiger partial charge in [0.05, 0.1) is 17.5 Å². The molecule has 1 atom stereocenters. The fraction of sp³-hybridized carbons (Fsp3) is 0.429. The van der Waals surface area contributed by atoms with E-state index in [2.05, 4.69) is 51.2 Å². The van der Waals surface area contributed by atoms with Crippen molar-refractivity contribution in [2.75, 3.05) is 11.0 Å². The Hall–Kier alpha value is -3.02. The maximum absolute atomic E-state index is 14.1. The number of amides is 1. The summed E-state index contributed by atoms with van der Waals surface area (Å²) < 4.78 is 48.0. The Labute approximate surface area is 230 Å². The lowest BCUT2D eigenvalue weighted by atomic mass is 10.0. The van der Waals surface area contributed by atoms with Crippen LogP contribution in [0.5, 0.6) is 5.75 Å². The molecular weight excluding hydrogens is 537 g/mol. The molecule has 0 saturated heterocycles. The van der Waals surface area contributed by atoms with Gasteiger partial charge >= 0.3 is 0 Å². The summed E-state index contributed by atoms with van der Waals surface area (Å²) >= 11 is 0. The van der Waals surface area contributed by atoms with Crippen molar-refractivity contribution in [1.82, 2.24) is 9.88 Å². The smallest absolute Gasteiger partial charge is 0.260 e. The molecule has 2 N–H and O–H groups in total. The van der Waals surface area contributed by atoms with E-state index in [9.17, 15) is 22.7 Å². The van der Waals surface area contributed by atoms with Crippen LogP contribution in [-0.4, -0.2) is 43.9 Å². The number of sulfonamides is 1. The molecule has 0 radical (unpaired) electrons. The number of anilines is 1. The minimum Gasteiger partial charge on any atom is -0.541 e. The largest absolute Gasteiger partial charge is 0.541 e. The first-order valence-corrected chi connectivity index (χ1v) is 17.1. The maximum Gasteiger partial charge on any atom is 0.260 e. The Morgan fingerprint density at radius 3 is 2.21 bits per heavy atom. The van der Waals surface area contributed by atoms with E-state index in [0.29, 0.717) is 16.5 Å². The first kappa shape index (κ1) is 29.0. The molecule has 8 nitrogen and oxygen atoms in total. The summed E-state index contributed by atoms with van der Waals surface area (Å²) in [5.74, 6) is -0.659. The van der Waals surface area contributed by atoms with E-state index >= 15 is 0 Å². The van der Waals surface area contributed by atoms with Crippen LogP contribution in [0.3, 0.4) is 0 Å². The zero-order valence-corrected chi connectivity index (χ0v) is 25.1. The summed E-state index contributed by atoms with van der Waals surface area (Å²) in [5, 5.41) is 12.0. The van der Waals surface area contributed by atoms with Crippen LogP contribution < -0.4 is 9.15 Å². The molecule has 1 amide bonds. The lowest BCUT2D eigenvalue weighted by Gasteiger charge is -2.42. The fourth-order valence-corrected chi connectivity index (χ4v) is 11.9. The lowest BCUT2D eigenvalue weighted by Crippen LogP contribution is -2.51. The number of rotatable bonds is 9. The Balaban J connectivity index is 2.03. The van der Waals surface area contributed by atoms with Crippen LogP contribution in [-0.2, 0) is 16.6 Å². The zero-order chi connectivity index (χ0) is 28.9. The van der Waals surface area contributed by atoms with Crippen molar-refractivity contribution in [3.8, 4) is 5.75 Å². The molecule has 11 heteroatoms. The number of hydrogen-bond donors (Lipinski definition) is 2. The summed E-state index contributed by atoms with van der Waals surface area (Å²) in [6, 6.07) is 9.02. The third-order valence-electron chi connectivity index (χ3n) is 7.63.